The van der Waals surface area contributed by atoms with Crippen molar-refractivity contribution in [1.29, 1.82) is 0 Å². The van der Waals surface area contributed by atoms with Crippen LogP contribution in [0.5, 0.6) is 0 Å². The molecule has 0 radical (unpaired) electrons. The molecule has 1 atom stereocenters. The molecule has 0 bridgehead atoms. The highest BCUT2D eigenvalue weighted by Gasteiger charge is 2.18. The largest absolute Gasteiger partial charge is 0.477 e. The van der Waals surface area contributed by atoms with E-state index in [4.69, 9.17) is 5.11 Å². The molecule has 0 fully saturated rings. The maximum Gasteiger partial charge on any atom is 0.352 e. The van der Waals surface area contributed by atoms with E-state index < -0.39 is 5.97 Å². The van der Waals surface area contributed by atoms with E-state index in [1.54, 1.807) is 6.92 Å². The third kappa shape index (κ3) is 4.96. The van der Waals surface area contributed by atoms with Crippen LogP contribution in [0, 0.1) is 5.92 Å². The monoisotopic (exact) mass is 227 g/mol. The van der Waals surface area contributed by atoms with Gasteiger partial charge in [-0.05, 0) is 19.8 Å². The summed E-state index contributed by atoms with van der Waals surface area (Å²) in [7, 11) is 0. The lowest BCUT2D eigenvalue weighted by atomic mass is 9.98. The first kappa shape index (κ1) is 14.7. The van der Waals surface area contributed by atoms with Crippen LogP contribution >= 0.6 is 0 Å². The standard InChI is InChI=1S/C12H21NO3/c1-4-7-8-9(5-2)11(14)13-10(6-3)12(15)16/h6,9H,4-5,7-8H2,1-3H3,(H,13,14)(H,15,16)/b10-6-. The quantitative estimate of drug-likeness (QED) is 0.656. The number of amides is 1. The second kappa shape index (κ2) is 7.91. The van der Waals surface area contributed by atoms with Gasteiger partial charge in [0.2, 0.25) is 5.91 Å². The summed E-state index contributed by atoms with van der Waals surface area (Å²) in [6.07, 6.45) is 4.98. The minimum Gasteiger partial charge on any atom is -0.477 e. The Balaban J connectivity index is 4.35. The predicted octanol–water partition coefficient (Wildman–Crippen LogP) is 2.31. The van der Waals surface area contributed by atoms with Crippen molar-refractivity contribution in [3.8, 4) is 0 Å². The fourth-order valence-electron chi connectivity index (χ4n) is 1.46. The summed E-state index contributed by atoms with van der Waals surface area (Å²) < 4.78 is 0. The van der Waals surface area contributed by atoms with Crippen LogP contribution in [-0.4, -0.2) is 17.0 Å². The van der Waals surface area contributed by atoms with Crippen molar-refractivity contribution in [2.75, 3.05) is 0 Å². The zero-order valence-corrected chi connectivity index (χ0v) is 10.2. The summed E-state index contributed by atoms with van der Waals surface area (Å²) in [4.78, 5) is 22.4. The number of carbonyl (C=O) groups is 2. The van der Waals surface area contributed by atoms with Crippen molar-refractivity contribution in [1.82, 2.24) is 5.32 Å². The first-order chi connectivity index (χ1) is 7.56. The van der Waals surface area contributed by atoms with Crippen LogP contribution in [0.15, 0.2) is 11.8 Å². The molecule has 4 nitrogen and oxygen atoms in total. The highest BCUT2D eigenvalue weighted by Crippen LogP contribution is 2.13. The van der Waals surface area contributed by atoms with E-state index in [1.807, 2.05) is 6.92 Å². The molecule has 0 spiro atoms. The lowest BCUT2D eigenvalue weighted by molar-refractivity contribution is -0.135. The molecule has 4 heteroatoms. The van der Waals surface area contributed by atoms with Crippen LogP contribution in [0.25, 0.3) is 0 Å². The Morgan fingerprint density at radius 3 is 2.38 bits per heavy atom. The van der Waals surface area contributed by atoms with Crippen LogP contribution in [-0.2, 0) is 9.59 Å². The third-order valence-corrected chi connectivity index (χ3v) is 2.55. The van der Waals surface area contributed by atoms with Crippen LogP contribution in [0.3, 0.4) is 0 Å². The van der Waals surface area contributed by atoms with Crippen LogP contribution < -0.4 is 5.32 Å². The normalized spacial score (nSPS) is 13.3. The van der Waals surface area contributed by atoms with E-state index in [1.165, 1.54) is 6.08 Å². The molecular weight excluding hydrogens is 206 g/mol. The lowest BCUT2D eigenvalue weighted by Crippen LogP contribution is -2.32. The van der Waals surface area contributed by atoms with Gasteiger partial charge in [-0.1, -0.05) is 32.8 Å². The van der Waals surface area contributed by atoms with E-state index in [0.29, 0.717) is 0 Å². The molecule has 0 aliphatic carbocycles. The van der Waals surface area contributed by atoms with Gasteiger partial charge in [-0.3, -0.25) is 4.79 Å². The molecule has 1 amide bonds. The Bertz CT molecular complexity index is 271. The van der Waals surface area contributed by atoms with Crippen molar-refractivity contribution >= 4 is 11.9 Å². The first-order valence-corrected chi connectivity index (χ1v) is 5.77. The number of aliphatic carboxylic acids is 1. The van der Waals surface area contributed by atoms with Gasteiger partial charge < -0.3 is 10.4 Å². The molecule has 0 aliphatic rings. The Hall–Kier alpha value is -1.32. The Labute approximate surface area is 96.7 Å². The number of nitrogens with one attached hydrogen (secondary N) is 1. The molecule has 0 rings (SSSR count). The number of hydrogen-bond acceptors (Lipinski definition) is 2. The van der Waals surface area contributed by atoms with Gasteiger partial charge in [0.15, 0.2) is 0 Å². The van der Waals surface area contributed by atoms with Crippen molar-refractivity contribution in [2.24, 2.45) is 5.92 Å². The van der Waals surface area contributed by atoms with Gasteiger partial charge in [-0.2, -0.15) is 0 Å². The summed E-state index contributed by atoms with van der Waals surface area (Å²) in [5.41, 5.74) is -0.0417. The lowest BCUT2D eigenvalue weighted by Gasteiger charge is -2.14. The summed E-state index contributed by atoms with van der Waals surface area (Å²) in [6.45, 7) is 5.60. The van der Waals surface area contributed by atoms with Gasteiger partial charge >= 0.3 is 5.97 Å². The fraction of sp³-hybridized carbons (Fsp3) is 0.667. The molecule has 0 aromatic heterocycles. The minimum absolute atomic E-state index is 0.0417. The number of rotatable bonds is 7. The zero-order chi connectivity index (χ0) is 12.6. The Kier molecular flexibility index (Phi) is 7.25. The summed E-state index contributed by atoms with van der Waals surface area (Å²) in [6, 6.07) is 0. The highest BCUT2D eigenvalue weighted by atomic mass is 16.4. The molecule has 0 heterocycles. The summed E-state index contributed by atoms with van der Waals surface area (Å²) in [5.74, 6) is -1.37. The smallest absolute Gasteiger partial charge is 0.352 e. The van der Waals surface area contributed by atoms with Crippen molar-refractivity contribution in [3.05, 3.63) is 11.8 Å². The first-order valence-electron chi connectivity index (χ1n) is 5.77. The van der Waals surface area contributed by atoms with Crippen LogP contribution in [0.2, 0.25) is 0 Å². The van der Waals surface area contributed by atoms with E-state index in [2.05, 4.69) is 12.2 Å². The molecule has 0 aromatic carbocycles. The van der Waals surface area contributed by atoms with E-state index >= 15 is 0 Å². The topological polar surface area (TPSA) is 66.4 Å². The van der Waals surface area contributed by atoms with Crippen molar-refractivity contribution < 1.29 is 14.7 Å². The second-order valence-corrected chi connectivity index (χ2v) is 3.74. The zero-order valence-electron chi connectivity index (χ0n) is 10.2. The van der Waals surface area contributed by atoms with Gasteiger partial charge in [0, 0.05) is 5.92 Å². The Morgan fingerprint density at radius 2 is 2.00 bits per heavy atom. The van der Waals surface area contributed by atoms with E-state index in [9.17, 15) is 9.59 Å². The number of carbonyl (C=O) groups excluding carboxylic acids is 1. The van der Waals surface area contributed by atoms with Gasteiger partial charge in [-0.25, -0.2) is 4.79 Å². The average Bonchev–Trinajstić information content (AvgIpc) is 2.26. The summed E-state index contributed by atoms with van der Waals surface area (Å²) >= 11 is 0. The molecule has 0 saturated carbocycles. The molecule has 0 aromatic rings. The molecule has 0 saturated heterocycles. The second-order valence-electron chi connectivity index (χ2n) is 3.74. The third-order valence-electron chi connectivity index (χ3n) is 2.55. The summed E-state index contributed by atoms with van der Waals surface area (Å²) in [5, 5.41) is 11.2. The molecule has 0 aliphatic heterocycles. The SMILES string of the molecule is C/C=C(\NC(=O)C(CC)CCCC)C(=O)O. The van der Waals surface area contributed by atoms with Crippen molar-refractivity contribution in [3.63, 3.8) is 0 Å². The molecule has 2 N–H and O–H groups in total. The number of carboxylic acids is 1. The number of carboxylic acid groups (broad SMARTS) is 1. The van der Waals surface area contributed by atoms with Crippen LogP contribution in [0.1, 0.15) is 46.5 Å². The number of unbranched alkanes of at least 4 members (excludes halogenated alkanes) is 1. The minimum atomic E-state index is -1.10. The molecule has 92 valence electrons. The number of allylic oxidation sites excluding steroid dienone is 1. The van der Waals surface area contributed by atoms with Gasteiger partial charge in [-0.15, -0.1) is 0 Å². The Morgan fingerprint density at radius 1 is 1.38 bits per heavy atom. The maximum absolute atomic E-state index is 11.7. The number of hydrogen-bond donors (Lipinski definition) is 2. The molecule has 1 unspecified atom stereocenters. The average molecular weight is 227 g/mol. The van der Waals surface area contributed by atoms with Crippen LogP contribution in [0.4, 0.5) is 0 Å². The maximum atomic E-state index is 11.7. The molecule has 16 heavy (non-hydrogen) atoms. The van der Waals surface area contributed by atoms with Gasteiger partial charge in [0.1, 0.15) is 5.70 Å². The van der Waals surface area contributed by atoms with Gasteiger partial charge in [0.05, 0.1) is 0 Å². The van der Waals surface area contributed by atoms with E-state index in [0.717, 1.165) is 25.7 Å². The van der Waals surface area contributed by atoms with E-state index in [-0.39, 0.29) is 17.5 Å². The fourth-order valence-corrected chi connectivity index (χ4v) is 1.46. The van der Waals surface area contributed by atoms with Gasteiger partial charge in [0.25, 0.3) is 0 Å². The van der Waals surface area contributed by atoms with Crippen molar-refractivity contribution in [2.45, 2.75) is 46.5 Å². The predicted molar refractivity (Wildman–Crippen MR) is 62.8 cm³/mol. The highest BCUT2D eigenvalue weighted by molar-refractivity contribution is 5.93. The molecular formula is C12H21NO3.